The Morgan fingerprint density at radius 1 is 1.47 bits per heavy atom. The summed E-state index contributed by atoms with van der Waals surface area (Å²) in [6.45, 7) is 2.54. The van der Waals surface area contributed by atoms with Gasteiger partial charge in [-0.25, -0.2) is 0 Å². The third-order valence-corrected chi connectivity index (χ3v) is 3.59. The van der Waals surface area contributed by atoms with E-state index in [-0.39, 0.29) is 17.8 Å². The lowest BCUT2D eigenvalue weighted by molar-refractivity contribution is 0.0469. The maximum Gasteiger partial charge on any atom is 0.294 e. The van der Waals surface area contributed by atoms with Gasteiger partial charge >= 0.3 is 0 Å². The fourth-order valence-corrected chi connectivity index (χ4v) is 2.57. The Morgan fingerprint density at radius 3 is 2.82 bits per heavy atom. The lowest BCUT2D eigenvalue weighted by Crippen LogP contribution is -2.15. The molecule has 1 saturated heterocycles. The smallest absolute Gasteiger partial charge is 0.294 e. The van der Waals surface area contributed by atoms with Crippen molar-refractivity contribution in [3.8, 4) is 0 Å². The van der Waals surface area contributed by atoms with E-state index in [1.807, 2.05) is 6.92 Å². The summed E-state index contributed by atoms with van der Waals surface area (Å²) in [4.78, 5) is -0.0569. The average Bonchev–Trinajstić information content (AvgIpc) is 2.68. The molecule has 2 rings (SSSR count). The van der Waals surface area contributed by atoms with Crippen molar-refractivity contribution >= 4 is 10.1 Å². The van der Waals surface area contributed by atoms with Crippen molar-refractivity contribution in [1.29, 1.82) is 0 Å². The van der Waals surface area contributed by atoms with Crippen LogP contribution in [0.5, 0.6) is 0 Å². The lowest BCUT2D eigenvalue weighted by atomic mass is 10.1. The van der Waals surface area contributed by atoms with Crippen molar-refractivity contribution in [2.45, 2.75) is 24.3 Å². The van der Waals surface area contributed by atoms with Crippen LogP contribution in [0.3, 0.4) is 0 Å². The molecule has 6 heteroatoms. The van der Waals surface area contributed by atoms with Crippen molar-refractivity contribution < 1.29 is 22.4 Å². The van der Waals surface area contributed by atoms with Crippen LogP contribution in [0.2, 0.25) is 0 Å². The summed E-state index contributed by atoms with van der Waals surface area (Å²) in [5.41, 5.74) is 1.49. The van der Waals surface area contributed by atoms with E-state index < -0.39 is 10.1 Å². The van der Waals surface area contributed by atoms with Crippen molar-refractivity contribution in [3.63, 3.8) is 0 Å². The van der Waals surface area contributed by atoms with Crippen LogP contribution in [0.15, 0.2) is 23.1 Å². The van der Waals surface area contributed by atoms with Gasteiger partial charge in [-0.15, -0.1) is 0 Å². The molecule has 1 aromatic rings. The predicted molar refractivity (Wildman–Crippen MR) is 60.4 cm³/mol. The summed E-state index contributed by atoms with van der Waals surface area (Å²) in [5.74, 6) is 0. The molecule has 17 heavy (non-hydrogen) atoms. The Morgan fingerprint density at radius 2 is 2.24 bits per heavy atom. The normalized spacial score (nSPS) is 20.7. The largest absolute Gasteiger partial charge is 0.353 e. The highest BCUT2D eigenvalue weighted by Gasteiger charge is 2.22. The Kier molecular flexibility index (Phi) is 3.48. The van der Waals surface area contributed by atoms with Gasteiger partial charge in [0, 0.05) is 6.42 Å². The SMILES string of the molecule is Cc1ccc(S(=O)(=O)O)c(CC2COCO2)c1. The van der Waals surface area contributed by atoms with Crippen molar-refractivity contribution in [2.24, 2.45) is 0 Å². The van der Waals surface area contributed by atoms with Crippen LogP contribution in [0, 0.1) is 6.92 Å². The molecule has 1 aliphatic rings. The zero-order valence-corrected chi connectivity index (χ0v) is 10.2. The van der Waals surface area contributed by atoms with Crippen LogP contribution in [0.4, 0.5) is 0 Å². The van der Waals surface area contributed by atoms with Gasteiger partial charge in [0.25, 0.3) is 10.1 Å². The van der Waals surface area contributed by atoms with Crippen LogP contribution in [0.1, 0.15) is 11.1 Å². The van der Waals surface area contributed by atoms with Gasteiger partial charge in [0.05, 0.1) is 17.6 Å². The van der Waals surface area contributed by atoms with E-state index in [4.69, 9.17) is 14.0 Å². The van der Waals surface area contributed by atoms with Crippen LogP contribution in [-0.2, 0) is 26.0 Å². The molecule has 1 aromatic carbocycles. The molecule has 1 aliphatic heterocycles. The highest BCUT2D eigenvalue weighted by atomic mass is 32.2. The molecule has 1 atom stereocenters. The second-order valence-corrected chi connectivity index (χ2v) is 5.46. The van der Waals surface area contributed by atoms with Gasteiger partial charge in [-0.05, 0) is 18.6 Å². The second-order valence-electron chi connectivity index (χ2n) is 4.07. The molecule has 0 amide bonds. The first-order valence-electron chi connectivity index (χ1n) is 5.23. The topological polar surface area (TPSA) is 72.8 Å². The van der Waals surface area contributed by atoms with Crippen LogP contribution in [-0.4, -0.2) is 32.5 Å². The molecule has 0 saturated carbocycles. The van der Waals surface area contributed by atoms with Gasteiger partial charge in [0.15, 0.2) is 0 Å². The molecular weight excluding hydrogens is 244 g/mol. The monoisotopic (exact) mass is 258 g/mol. The number of benzene rings is 1. The lowest BCUT2D eigenvalue weighted by Gasteiger charge is -2.11. The van der Waals surface area contributed by atoms with Gasteiger partial charge in [-0.3, -0.25) is 4.55 Å². The zero-order chi connectivity index (χ0) is 12.5. The molecule has 0 bridgehead atoms. The molecule has 0 aromatic heterocycles. The predicted octanol–water partition coefficient (Wildman–Crippen LogP) is 1.16. The minimum atomic E-state index is -4.19. The molecule has 0 aliphatic carbocycles. The Hall–Kier alpha value is -0.950. The third kappa shape index (κ3) is 3.04. The highest BCUT2D eigenvalue weighted by molar-refractivity contribution is 7.85. The van der Waals surface area contributed by atoms with Gasteiger partial charge in [-0.2, -0.15) is 8.42 Å². The Labute approximate surface area is 100 Å². The van der Waals surface area contributed by atoms with E-state index in [0.29, 0.717) is 18.6 Å². The summed E-state index contributed by atoms with van der Waals surface area (Å²) in [6, 6.07) is 4.80. The van der Waals surface area contributed by atoms with E-state index in [1.165, 1.54) is 6.07 Å². The van der Waals surface area contributed by atoms with E-state index >= 15 is 0 Å². The van der Waals surface area contributed by atoms with Crippen molar-refractivity contribution in [2.75, 3.05) is 13.4 Å². The minimum absolute atomic E-state index is 0.0569. The number of hydrogen-bond donors (Lipinski definition) is 1. The summed E-state index contributed by atoms with van der Waals surface area (Å²) in [5, 5.41) is 0. The molecule has 5 nitrogen and oxygen atoms in total. The number of hydrogen-bond acceptors (Lipinski definition) is 4. The fourth-order valence-electron chi connectivity index (χ4n) is 1.85. The van der Waals surface area contributed by atoms with Crippen molar-refractivity contribution in [1.82, 2.24) is 0 Å². The van der Waals surface area contributed by atoms with Gasteiger partial charge in [-0.1, -0.05) is 17.7 Å². The maximum atomic E-state index is 11.2. The van der Waals surface area contributed by atoms with E-state index in [2.05, 4.69) is 0 Å². The molecule has 1 unspecified atom stereocenters. The second kappa shape index (κ2) is 4.73. The van der Waals surface area contributed by atoms with Crippen LogP contribution in [0.25, 0.3) is 0 Å². The van der Waals surface area contributed by atoms with Crippen LogP contribution < -0.4 is 0 Å². The minimum Gasteiger partial charge on any atom is -0.353 e. The number of aryl methyl sites for hydroxylation is 1. The third-order valence-electron chi connectivity index (χ3n) is 2.63. The summed E-state index contributed by atoms with van der Waals surface area (Å²) < 4.78 is 41.9. The average molecular weight is 258 g/mol. The molecule has 1 N–H and O–H groups in total. The molecule has 1 fully saturated rings. The molecule has 94 valence electrons. The highest BCUT2D eigenvalue weighted by Crippen LogP contribution is 2.21. The van der Waals surface area contributed by atoms with E-state index in [1.54, 1.807) is 12.1 Å². The van der Waals surface area contributed by atoms with Gasteiger partial charge < -0.3 is 9.47 Å². The summed E-state index contributed by atoms with van der Waals surface area (Å²) >= 11 is 0. The Bertz CT molecular complexity index is 503. The number of ether oxygens (including phenoxy) is 2. The van der Waals surface area contributed by atoms with Gasteiger partial charge in [0.1, 0.15) is 6.79 Å². The molecule has 0 radical (unpaired) electrons. The van der Waals surface area contributed by atoms with Crippen LogP contribution >= 0.6 is 0 Å². The maximum absolute atomic E-state index is 11.2. The molecule has 1 heterocycles. The Balaban J connectivity index is 2.33. The number of rotatable bonds is 3. The molecule has 0 spiro atoms. The van der Waals surface area contributed by atoms with Gasteiger partial charge in [0.2, 0.25) is 0 Å². The fraction of sp³-hybridized carbons (Fsp3) is 0.455. The van der Waals surface area contributed by atoms with Crippen molar-refractivity contribution in [3.05, 3.63) is 29.3 Å². The van der Waals surface area contributed by atoms with E-state index in [0.717, 1.165) is 5.56 Å². The summed E-state index contributed by atoms with van der Waals surface area (Å²) in [6.07, 6.45) is 0.258. The summed E-state index contributed by atoms with van der Waals surface area (Å²) in [7, 11) is -4.19. The quantitative estimate of drug-likeness (QED) is 0.823. The first kappa shape index (κ1) is 12.5. The van der Waals surface area contributed by atoms with E-state index in [9.17, 15) is 8.42 Å². The standard InChI is InChI=1S/C11H14O5S/c1-8-2-3-11(17(12,13)14)9(4-8)5-10-6-15-7-16-10/h2-4,10H,5-7H2,1H3,(H,12,13,14). The zero-order valence-electron chi connectivity index (χ0n) is 9.42. The first-order chi connectivity index (χ1) is 7.97. The first-order valence-corrected chi connectivity index (χ1v) is 6.67. The molecular formula is C11H14O5S.